The predicted octanol–water partition coefficient (Wildman–Crippen LogP) is 7.31. The van der Waals surface area contributed by atoms with E-state index in [1.807, 2.05) is 0 Å². The summed E-state index contributed by atoms with van der Waals surface area (Å²) in [7, 11) is 0. The van der Waals surface area contributed by atoms with E-state index in [9.17, 15) is 0 Å². The Kier molecular flexibility index (Phi) is 5.77. The zero-order chi connectivity index (χ0) is 16.1. The van der Waals surface area contributed by atoms with Crippen LogP contribution in [0.4, 0.5) is 0 Å². The molecular formula is C21H26BrN. The average Bonchev–Trinajstić information content (AvgIpc) is 2.88. The molecule has 2 heteroatoms. The summed E-state index contributed by atoms with van der Waals surface area (Å²) < 4.78 is 3.66. The lowest BCUT2D eigenvalue weighted by Gasteiger charge is -2.07. The zero-order valence-electron chi connectivity index (χ0n) is 14.0. The number of hydrogen-bond acceptors (Lipinski definition) is 0. The van der Waals surface area contributed by atoms with E-state index in [-0.39, 0.29) is 0 Å². The van der Waals surface area contributed by atoms with Crippen LogP contribution in [-0.2, 0) is 6.54 Å². The number of hydrogen-bond donors (Lipinski definition) is 0. The van der Waals surface area contributed by atoms with E-state index in [4.69, 9.17) is 0 Å². The Bertz CT molecular complexity index is 772. The minimum atomic E-state index is 1.12. The largest absolute Gasteiger partial charge is 0.340 e. The molecule has 0 bridgehead atoms. The number of aryl methyl sites for hydroxylation is 1. The van der Waals surface area contributed by atoms with E-state index in [0.717, 1.165) is 11.0 Å². The second-order valence-corrected chi connectivity index (χ2v) is 7.37. The highest BCUT2D eigenvalue weighted by atomic mass is 79.9. The molecule has 122 valence electrons. The van der Waals surface area contributed by atoms with E-state index >= 15 is 0 Å². The maximum Gasteiger partial charge on any atom is 0.0492 e. The number of fused-ring (bicyclic) bond motifs is 3. The van der Waals surface area contributed by atoms with Crippen molar-refractivity contribution in [2.45, 2.75) is 58.4 Å². The molecular weight excluding hydrogens is 346 g/mol. The summed E-state index contributed by atoms with van der Waals surface area (Å²) in [6.07, 6.45) is 9.51. The number of halogens is 1. The first-order chi connectivity index (χ1) is 11.3. The van der Waals surface area contributed by atoms with Gasteiger partial charge in [-0.1, -0.05) is 79.6 Å². The molecule has 0 aliphatic carbocycles. The second kappa shape index (κ2) is 8.01. The first-order valence-corrected chi connectivity index (χ1v) is 9.77. The molecule has 0 N–H and O–H groups in total. The molecule has 0 saturated carbocycles. The highest BCUT2D eigenvalue weighted by Crippen LogP contribution is 2.31. The van der Waals surface area contributed by atoms with Gasteiger partial charge >= 0.3 is 0 Å². The molecule has 0 atom stereocenters. The number of benzene rings is 2. The lowest BCUT2D eigenvalue weighted by molar-refractivity contribution is 0.561. The number of para-hydroxylation sites is 1. The van der Waals surface area contributed by atoms with Crippen molar-refractivity contribution in [3.8, 4) is 0 Å². The molecule has 0 aliphatic heterocycles. The summed E-state index contributed by atoms with van der Waals surface area (Å²) in [5, 5.41) is 2.73. The molecule has 0 fully saturated rings. The van der Waals surface area contributed by atoms with Gasteiger partial charge in [0.05, 0.1) is 0 Å². The highest BCUT2D eigenvalue weighted by molar-refractivity contribution is 9.10. The topological polar surface area (TPSA) is 4.93 Å². The fraction of sp³-hybridized carbons (Fsp3) is 0.429. The van der Waals surface area contributed by atoms with Crippen molar-refractivity contribution in [2.75, 3.05) is 0 Å². The first-order valence-electron chi connectivity index (χ1n) is 8.97. The van der Waals surface area contributed by atoms with Crippen molar-refractivity contribution < 1.29 is 0 Å². The van der Waals surface area contributed by atoms with Gasteiger partial charge in [0.15, 0.2) is 0 Å². The van der Waals surface area contributed by atoms with Crippen molar-refractivity contribution in [2.24, 2.45) is 0 Å². The Morgan fingerprint density at radius 2 is 1.48 bits per heavy atom. The zero-order valence-corrected chi connectivity index (χ0v) is 15.6. The van der Waals surface area contributed by atoms with Gasteiger partial charge in [-0.2, -0.15) is 0 Å². The van der Waals surface area contributed by atoms with Crippen LogP contribution in [0.1, 0.15) is 51.9 Å². The molecule has 0 radical (unpaired) electrons. The molecule has 1 aromatic heterocycles. The highest BCUT2D eigenvalue weighted by Gasteiger charge is 2.09. The quantitative estimate of drug-likeness (QED) is 0.365. The van der Waals surface area contributed by atoms with Crippen molar-refractivity contribution in [3.05, 3.63) is 46.9 Å². The summed E-state index contributed by atoms with van der Waals surface area (Å²) in [5.41, 5.74) is 2.73. The van der Waals surface area contributed by atoms with Gasteiger partial charge in [0.2, 0.25) is 0 Å². The standard InChI is InChI=1S/C21H26BrN/c1-2-3-4-5-6-7-10-15-23-20-12-9-8-11-18(20)19-16-17(22)13-14-21(19)23/h8-9,11-14,16H,2-7,10,15H2,1H3. The smallest absolute Gasteiger partial charge is 0.0492 e. The number of unbranched alkanes of at least 4 members (excludes halogenated alkanes) is 6. The van der Waals surface area contributed by atoms with Crippen LogP contribution in [0.5, 0.6) is 0 Å². The molecule has 3 rings (SSSR count). The number of nitrogens with zero attached hydrogens (tertiary/aromatic N) is 1. The lowest BCUT2D eigenvalue weighted by Crippen LogP contribution is -1.97. The summed E-state index contributed by atoms with van der Waals surface area (Å²) in [4.78, 5) is 0. The van der Waals surface area contributed by atoms with Crippen LogP contribution in [-0.4, -0.2) is 4.57 Å². The van der Waals surface area contributed by atoms with Crippen LogP contribution in [0.2, 0.25) is 0 Å². The summed E-state index contributed by atoms with van der Waals surface area (Å²) in [5.74, 6) is 0. The predicted molar refractivity (Wildman–Crippen MR) is 105 cm³/mol. The van der Waals surface area contributed by atoms with E-state index in [1.54, 1.807) is 0 Å². The molecule has 0 spiro atoms. The molecule has 1 heterocycles. The van der Waals surface area contributed by atoms with Gasteiger partial charge in [-0.15, -0.1) is 0 Å². The van der Waals surface area contributed by atoms with Crippen LogP contribution in [0.3, 0.4) is 0 Å². The molecule has 0 unspecified atom stereocenters. The van der Waals surface area contributed by atoms with Gasteiger partial charge in [-0.3, -0.25) is 0 Å². The lowest BCUT2D eigenvalue weighted by atomic mass is 10.1. The Hall–Kier alpha value is -1.28. The van der Waals surface area contributed by atoms with Crippen LogP contribution in [0, 0.1) is 0 Å². The van der Waals surface area contributed by atoms with Gasteiger partial charge in [-0.05, 0) is 30.7 Å². The fourth-order valence-corrected chi connectivity index (χ4v) is 3.85. The maximum atomic E-state index is 3.61. The first kappa shape index (κ1) is 16.6. The normalized spacial score (nSPS) is 11.6. The minimum absolute atomic E-state index is 1.12. The second-order valence-electron chi connectivity index (χ2n) is 6.45. The van der Waals surface area contributed by atoms with Crippen molar-refractivity contribution in [1.82, 2.24) is 4.57 Å². The number of aromatic nitrogens is 1. The summed E-state index contributed by atoms with van der Waals surface area (Å²) in [6, 6.07) is 15.4. The molecule has 0 amide bonds. The minimum Gasteiger partial charge on any atom is -0.340 e. The molecule has 23 heavy (non-hydrogen) atoms. The van der Waals surface area contributed by atoms with E-state index in [2.05, 4.69) is 69.9 Å². The monoisotopic (exact) mass is 371 g/mol. The SMILES string of the molecule is CCCCCCCCCn1c2ccccc2c2cc(Br)ccc21. The van der Waals surface area contributed by atoms with Crippen molar-refractivity contribution in [1.29, 1.82) is 0 Å². The van der Waals surface area contributed by atoms with Crippen LogP contribution in [0.15, 0.2) is 46.9 Å². The third kappa shape index (κ3) is 3.80. The Balaban J connectivity index is 1.74. The van der Waals surface area contributed by atoms with E-state index in [0.29, 0.717) is 0 Å². The van der Waals surface area contributed by atoms with Crippen molar-refractivity contribution in [3.63, 3.8) is 0 Å². The van der Waals surface area contributed by atoms with Crippen LogP contribution in [0.25, 0.3) is 21.8 Å². The van der Waals surface area contributed by atoms with Crippen molar-refractivity contribution >= 4 is 37.7 Å². The molecule has 0 saturated heterocycles. The molecule has 2 aromatic carbocycles. The van der Waals surface area contributed by atoms with E-state index in [1.165, 1.54) is 66.8 Å². The van der Waals surface area contributed by atoms with Gasteiger partial charge in [-0.25, -0.2) is 0 Å². The summed E-state index contributed by atoms with van der Waals surface area (Å²) >= 11 is 3.61. The Morgan fingerprint density at radius 3 is 2.30 bits per heavy atom. The third-order valence-electron chi connectivity index (χ3n) is 4.72. The van der Waals surface area contributed by atoms with Crippen LogP contribution < -0.4 is 0 Å². The molecule has 1 nitrogen and oxygen atoms in total. The van der Waals surface area contributed by atoms with E-state index < -0.39 is 0 Å². The Labute approximate surface area is 147 Å². The van der Waals surface area contributed by atoms with Crippen LogP contribution >= 0.6 is 15.9 Å². The molecule has 0 aliphatic rings. The van der Waals surface area contributed by atoms with Gasteiger partial charge in [0.25, 0.3) is 0 Å². The van der Waals surface area contributed by atoms with Gasteiger partial charge < -0.3 is 4.57 Å². The fourth-order valence-electron chi connectivity index (χ4n) is 3.49. The Morgan fingerprint density at radius 1 is 0.783 bits per heavy atom. The maximum absolute atomic E-state index is 3.61. The third-order valence-corrected chi connectivity index (χ3v) is 5.21. The van der Waals surface area contributed by atoms with Gasteiger partial charge in [0, 0.05) is 32.8 Å². The number of rotatable bonds is 8. The average molecular weight is 372 g/mol. The summed E-state index contributed by atoms with van der Waals surface area (Å²) in [6.45, 7) is 3.40. The molecule has 3 aromatic rings. The van der Waals surface area contributed by atoms with Gasteiger partial charge in [0.1, 0.15) is 0 Å².